The summed E-state index contributed by atoms with van der Waals surface area (Å²) in [5.74, 6) is -12.2. The van der Waals surface area contributed by atoms with Crippen molar-refractivity contribution in [2.75, 3.05) is 11.1 Å². The number of amides is 1. The van der Waals surface area contributed by atoms with Gasteiger partial charge in [0.2, 0.25) is 11.6 Å². The third kappa shape index (κ3) is 4.42. The van der Waals surface area contributed by atoms with E-state index in [-0.39, 0.29) is 5.03 Å². The second-order valence-electron chi connectivity index (χ2n) is 5.80. The first-order valence-corrected chi connectivity index (χ1v) is 9.05. The molecule has 0 unspecified atom stereocenters. The standard InChI is InChI=1S/C17H8F7N3O3S/c18-10-9(17(22,23)24)11(19)13(21)14(12(10)20)25-8(28)6-31-15-16(29)30-26-27(15)7-4-2-1-3-5-7/h1-5H,6H2,(H-,25,26,28,29)/p+1. The molecule has 0 aliphatic rings. The number of carbonyl (C=O) groups excluding carboxylic acids is 1. The second-order valence-corrected chi connectivity index (χ2v) is 6.76. The zero-order valence-corrected chi connectivity index (χ0v) is 15.6. The van der Waals surface area contributed by atoms with Gasteiger partial charge in [-0.3, -0.25) is 9.32 Å². The minimum atomic E-state index is -5.71. The highest BCUT2D eigenvalue weighted by Crippen LogP contribution is 2.38. The fraction of sp³-hybridized carbons (Fsp3) is 0.118. The topological polar surface area (TPSA) is 79.0 Å². The fourth-order valence-electron chi connectivity index (χ4n) is 2.43. The number of aromatic amines is 1. The van der Waals surface area contributed by atoms with E-state index in [1.165, 1.54) is 5.32 Å². The first kappa shape index (κ1) is 22.4. The molecule has 0 saturated carbocycles. The van der Waals surface area contributed by atoms with E-state index in [9.17, 15) is 40.3 Å². The van der Waals surface area contributed by atoms with Gasteiger partial charge >= 0.3 is 16.8 Å². The summed E-state index contributed by atoms with van der Waals surface area (Å²) < 4.78 is 98.6. The summed E-state index contributed by atoms with van der Waals surface area (Å²) in [4.78, 5) is 23.8. The molecule has 0 atom stereocenters. The Hall–Kier alpha value is -3.29. The average molecular weight is 468 g/mol. The smallest absolute Gasteiger partial charge is 0.320 e. The predicted octanol–water partition coefficient (Wildman–Crippen LogP) is 3.55. The van der Waals surface area contributed by atoms with Crippen molar-refractivity contribution >= 4 is 23.4 Å². The van der Waals surface area contributed by atoms with Gasteiger partial charge in [0, 0.05) is 12.1 Å². The lowest BCUT2D eigenvalue weighted by Crippen LogP contribution is -2.36. The van der Waals surface area contributed by atoms with Crippen molar-refractivity contribution in [2.45, 2.75) is 11.2 Å². The molecule has 31 heavy (non-hydrogen) atoms. The first-order valence-electron chi connectivity index (χ1n) is 8.07. The van der Waals surface area contributed by atoms with Crippen molar-refractivity contribution in [3.8, 4) is 5.69 Å². The van der Waals surface area contributed by atoms with Crippen molar-refractivity contribution in [1.29, 1.82) is 0 Å². The van der Waals surface area contributed by atoms with Crippen LogP contribution in [-0.2, 0) is 11.0 Å². The lowest BCUT2D eigenvalue weighted by Gasteiger charge is -2.14. The molecule has 1 amide bonds. The lowest BCUT2D eigenvalue weighted by atomic mass is 10.1. The number of carbonyl (C=O) groups is 1. The molecule has 0 bridgehead atoms. The van der Waals surface area contributed by atoms with Gasteiger partial charge in [-0.2, -0.15) is 13.2 Å². The Balaban J connectivity index is 1.82. The largest absolute Gasteiger partial charge is 0.442 e. The normalized spacial score (nSPS) is 11.6. The summed E-state index contributed by atoms with van der Waals surface area (Å²) in [6, 6.07) is 8.11. The van der Waals surface area contributed by atoms with Gasteiger partial charge in [0.1, 0.15) is 11.3 Å². The zero-order valence-electron chi connectivity index (χ0n) is 14.8. The molecule has 2 aromatic carbocycles. The molecule has 1 heterocycles. The molecule has 164 valence electrons. The predicted molar refractivity (Wildman–Crippen MR) is 91.5 cm³/mol. The summed E-state index contributed by atoms with van der Waals surface area (Å²) >= 11 is 0.531. The van der Waals surface area contributed by atoms with E-state index < -0.39 is 58.0 Å². The van der Waals surface area contributed by atoms with Crippen LogP contribution in [0.5, 0.6) is 0 Å². The number of thioether (sulfide) groups is 1. The number of para-hydroxylation sites is 1. The van der Waals surface area contributed by atoms with Crippen molar-refractivity contribution in [3.63, 3.8) is 0 Å². The number of H-pyrrole nitrogens is 1. The quantitative estimate of drug-likeness (QED) is 0.260. The van der Waals surface area contributed by atoms with E-state index in [0.29, 0.717) is 17.4 Å². The van der Waals surface area contributed by atoms with Gasteiger partial charge in [0.25, 0.3) is 0 Å². The van der Waals surface area contributed by atoms with Crippen molar-refractivity contribution in [3.05, 3.63) is 69.6 Å². The van der Waals surface area contributed by atoms with Crippen LogP contribution >= 0.6 is 11.8 Å². The van der Waals surface area contributed by atoms with Crippen LogP contribution in [0.1, 0.15) is 5.56 Å². The highest BCUT2D eigenvalue weighted by atomic mass is 32.2. The third-order valence-corrected chi connectivity index (χ3v) is 4.80. The van der Waals surface area contributed by atoms with Crippen molar-refractivity contribution in [1.82, 2.24) is 5.27 Å². The summed E-state index contributed by atoms with van der Waals surface area (Å²) in [5, 5.41) is 3.58. The number of alkyl halides is 3. The molecular formula is C17H9F7N3O3S+. The van der Waals surface area contributed by atoms with Gasteiger partial charge in [-0.15, -0.1) is 0 Å². The molecule has 3 aromatic rings. The van der Waals surface area contributed by atoms with E-state index in [1.54, 1.807) is 30.3 Å². The van der Waals surface area contributed by atoms with Gasteiger partial charge in [0.15, 0.2) is 23.3 Å². The van der Waals surface area contributed by atoms with Crippen LogP contribution in [0.3, 0.4) is 0 Å². The Morgan fingerprint density at radius 1 is 1.03 bits per heavy atom. The summed E-state index contributed by atoms with van der Waals surface area (Å²) in [6.45, 7) is 0. The van der Waals surface area contributed by atoms with Crippen LogP contribution in [0.25, 0.3) is 5.69 Å². The van der Waals surface area contributed by atoms with E-state index in [1.807, 2.05) is 0 Å². The number of rotatable bonds is 5. The monoisotopic (exact) mass is 468 g/mol. The van der Waals surface area contributed by atoms with E-state index in [0.717, 1.165) is 4.68 Å². The highest BCUT2D eigenvalue weighted by Gasteiger charge is 2.42. The van der Waals surface area contributed by atoms with Crippen LogP contribution in [0.4, 0.5) is 36.4 Å². The van der Waals surface area contributed by atoms with Crippen LogP contribution in [0.2, 0.25) is 0 Å². The second kappa shape index (κ2) is 8.45. The number of aromatic nitrogens is 2. The Labute approximate surface area is 171 Å². The SMILES string of the molecule is O=C(CSc1c(=O)o[nH][n+]1-c1ccccc1)Nc1c(F)c(F)c(C(F)(F)F)c(F)c1F. The van der Waals surface area contributed by atoms with E-state index in [4.69, 9.17) is 0 Å². The van der Waals surface area contributed by atoms with Crippen LogP contribution in [-0.4, -0.2) is 16.9 Å². The molecule has 3 rings (SSSR count). The van der Waals surface area contributed by atoms with Crippen LogP contribution in [0, 0.1) is 23.3 Å². The summed E-state index contributed by atoms with van der Waals surface area (Å²) in [7, 11) is 0. The number of anilines is 1. The molecule has 0 fully saturated rings. The summed E-state index contributed by atoms with van der Waals surface area (Å²) in [5.41, 5.74) is -4.96. The number of benzene rings is 2. The van der Waals surface area contributed by atoms with Crippen molar-refractivity contribution < 1.29 is 44.7 Å². The number of halogens is 7. The van der Waals surface area contributed by atoms with Crippen molar-refractivity contribution in [2.24, 2.45) is 0 Å². The lowest BCUT2D eigenvalue weighted by molar-refractivity contribution is -0.704. The minimum absolute atomic E-state index is 0.160. The molecule has 6 nitrogen and oxygen atoms in total. The molecule has 0 spiro atoms. The van der Waals surface area contributed by atoms with Crippen LogP contribution in [0.15, 0.2) is 44.7 Å². The molecular weight excluding hydrogens is 459 g/mol. The number of nitrogens with one attached hydrogen (secondary N) is 2. The number of hydrogen-bond acceptors (Lipinski definition) is 4. The van der Waals surface area contributed by atoms with Gasteiger partial charge in [-0.25, -0.2) is 22.4 Å². The van der Waals surface area contributed by atoms with Gasteiger partial charge < -0.3 is 5.32 Å². The third-order valence-electron chi connectivity index (χ3n) is 3.77. The Morgan fingerprint density at radius 2 is 1.61 bits per heavy atom. The maximum absolute atomic E-state index is 13.9. The average Bonchev–Trinajstić information content (AvgIpc) is 3.08. The molecule has 0 radical (unpaired) electrons. The highest BCUT2D eigenvalue weighted by molar-refractivity contribution is 7.99. The van der Waals surface area contributed by atoms with E-state index in [2.05, 4.69) is 9.79 Å². The fourth-order valence-corrected chi connectivity index (χ4v) is 3.20. The van der Waals surface area contributed by atoms with Gasteiger partial charge in [-0.1, -0.05) is 18.2 Å². The maximum Gasteiger partial charge on any atom is 0.442 e. The molecule has 0 aliphatic heterocycles. The molecule has 0 saturated heterocycles. The van der Waals surface area contributed by atoms with Gasteiger partial charge in [0.05, 0.1) is 5.75 Å². The zero-order chi connectivity index (χ0) is 22.9. The Morgan fingerprint density at radius 3 is 2.16 bits per heavy atom. The number of nitrogens with zero attached hydrogens (tertiary/aromatic N) is 1. The van der Waals surface area contributed by atoms with Crippen LogP contribution < -0.4 is 15.6 Å². The molecule has 0 aliphatic carbocycles. The Kier molecular flexibility index (Phi) is 6.10. The van der Waals surface area contributed by atoms with E-state index >= 15 is 0 Å². The Bertz CT molecular complexity index is 1160. The summed E-state index contributed by atoms with van der Waals surface area (Å²) in [6.07, 6.45) is -5.71. The molecule has 2 N–H and O–H groups in total. The molecule has 1 aromatic heterocycles. The maximum atomic E-state index is 13.9. The van der Waals surface area contributed by atoms with Gasteiger partial charge in [-0.05, 0) is 21.7 Å². The minimum Gasteiger partial charge on any atom is -0.320 e. The molecule has 14 heteroatoms. The first-order chi connectivity index (χ1) is 14.5. The number of hydrogen-bond donors (Lipinski definition) is 2.